The molecule has 8 heteroatoms. The van der Waals surface area contributed by atoms with Crippen molar-refractivity contribution in [1.82, 2.24) is 10.9 Å². The maximum atomic E-state index is 12.3. The smallest absolute Gasteiger partial charge is 0.273 e. The Morgan fingerprint density at radius 2 is 1.56 bits per heavy atom. The van der Waals surface area contributed by atoms with Crippen LogP contribution < -0.4 is 20.3 Å². The molecule has 2 aromatic rings. The number of hydrogen-bond donors (Lipinski definition) is 2. The normalized spacial score (nSPS) is 10.1. The van der Waals surface area contributed by atoms with Crippen molar-refractivity contribution in [3.05, 3.63) is 52.5 Å². The minimum absolute atomic E-state index is 0.208. The highest BCUT2D eigenvalue weighted by atomic mass is 35.5. The SMILES string of the molecule is COc1cc(SC)ccc1C(=O)NNC(=O)c1cc(Cl)ccc1OC. The lowest BCUT2D eigenvalue weighted by Crippen LogP contribution is -2.41. The highest BCUT2D eigenvalue weighted by Gasteiger charge is 2.16. The van der Waals surface area contributed by atoms with Crippen molar-refractivity contribution in [2.75, 3.05) is 20.5 Å². The topological polar surface area (TPSA) is 76.7 Å². The van der Waals surface area contributed by atoms with E-state index in [1.807, 2.05) is 6.26 Å². The van der Waals surface area contributed by atoms with Crippen molar-refractivity contribution in [3.63, 3.8) is 0 Å². The van der Waals surface area contributed by atoms with Gasteiger partial charge in [0.2, 0.25) is 0 Å². The quantitative estimate of drug-likeness (QED) is 0.615. The van der Waals surface area contributed by atoms with E-state index >= 15 is 0 Å². The third-order valence-corrected chi connectivity index (χ3v) is 4.31. The van der Waals surface area contributed by atoms with Crippen molar-refractivity contribution in [3.8, 4) is 11.5 Å². The molecule has 25 heavy (non-hydrogen) atoms. The number of nitrogens with one attached hydrogen (secondary N) is 2. The second-order valence-corrected chi connectivity index (χ2v) is 6.14. The molecule has 0 aromatic heterocycles. The van der Waals surface area contributed by atoms with Gasteiger partial charge in [-0.05, 0) is 42.7 Å². The lowest BCUT2D eigenvalue weighted by molar-refractivity contribution is 0.0843. The van der Waals surface area contributed by atoms with E-state index in [0.29, 0.717) is 22.1 Å². The molecule has 0 radical (unpaired) electrons. The lowest BCUT2D eigenvalue weighted by atomic mass is 10.2. The van der Waals surface area contributed by atoms with E-state index in [-0.39, 0.29) is 5.56 Å². The molecule has 2 rings (SSSR count). The van der Waals surface area contributed by atoms with E-state index in [9.17, 15) is 9.59 Å². The highest BCUT2D eigenvalue weighted by molar-refractivity contribution is 7.98. The van der Waals surface area contributed by atoms with E-state index in [1.165, 1.54) is 32.0 Å². The minimum atomic E-state index is -0.549. The monoisotopic (exact) mass is 380 g/mol. The number of amides is 2. The molecule has 0 unspecified atom stereocenters. The van der Waals surface area contributed by atoms with Gasteiger partial charge in [0.1, 0.15) is 11.5 Å². The van der Waals surface area contributed by atoms with Crippen LogP contribution in [0.4, 0.5) is 0 Å². The summed E-state index contributed by atoms with van der Waals surface area (Å²) in [4.78, 5) is 25.5. The zero-order chi connectivity index (χ0) is 18.4. The number of ether oxygens (including phenoxy) is 2. The van der Waals surface area contributed by atoms with Crippen LogP contribution >= 0.6 is 23.4 Å². The minimum Gasteiger partial charge on any atom is -0.496 e. The summed E-state index contributed by atoms with van der Waals surface area (Å²) in [5.74, 6) is -0.289. The number of halogens is 1. The molecule has 0 bridgehead atoms. The molecule has 132 valence electrons. The number of carbonyl (C=O) groups excluding carboxylic acids is 2. The molecule has 0 aliphatic rings. The molecule has 0 saturated heterocycles. The summed E-state index contributed by atoms with van der Waals surface area (Å²) in [5, 5.41) is 0.381. The maximum Gasteiger partial charge on any atom is 0.273 e. The van der Waals surface area contributed by atoms with Gasteiger partial charge in [0.15, 0.2) is 0 Å². The summed E-state index contributed by atoms with van der Waals surface area (Å²) in [5.41, 5.74) is 5.21. The van der Waals surface area contributed by atoms with Crippen LogP contribution in [0.25, 0.3) is 0 Å². The van der Waals surface area contributed by atoms with Gasteiger partial charge in [-0.1, -0.05) is 11.6 Å². The summed E-state index contributed by atoms with van der Waals surface area (Å²) >= 11 is 7.44. The third-order valence-electron chi connectivity index (χ3n) is 3.35. The molecule has 0 atom stereocenters. The van der Waals surface area contributed by atoms with Crippen LogP contribution in [0.2, 0.25) is 5.02 Å². The number of rotatable bonds is 5. The van der Waals surface area contributed by atoms with Gasteiger partial charge in [-0.3, -0.25) is 20.4 Å². The number of methoxy groups -OCH3 is 2. The van der Waals surface area contributed by atoms with Crippen molar-refractivity contribution in [2.24, 2.45) is 0 Å². The number of carbonyl (C=O) groups is 2. The Kier molecular flexibility index (Phi) is 6.55. The largest absolute Gasteiger partial charge is 0.496 e. The van der Waals surface area contributed by atoms with Crippen LogP contribution in [0.5, 0.6) is 11.5 Å². The first-order valence-corrected chi connectivity index (χ1v) is 8.76. The van der Waals surface area contributed by atoms with E-state index in [2.05, 4.69) is 10.9 Å². The number of hydrogen-bond acceptors (Lipinski definition) is 5. The Morgan fingerprint density at radius 3 is 2.16 bits per heavy atom. The zero-order valence-electron chi connectivity index (χ0n) is 13.9. The maximum absolute atomic E-state index is 12.3. The predicted octanol–water partition coefficient (Wildman–Crippen LogP) is 3.15. The molecule has 0 spiro atoms. The molecule has 2 N–H and O–H groups in total. The van der Waals surface area contributed by atoms with Crippen LogP contribution in [0.3, 0.4) is 0 Å². The number of benzene rings is 2. The van der Waals surface area contributed by atoms with Gasteiger partial charge in [0.25, 0.3) is 11.8 Å². The summed E-state index contributed by atoms with van der Waals surface area (Å²) < 4.78 is 10.3. The standard InChI is InChI=1S/C17H17ClN2O4S/c1-23-14-7-4-10(18)8-13(14)17(22)20-19-16(21)12-6-5-11(25-3)9-15(12)24-2/h4-9H,1-3H3,(H,19,21)(H,20,22). The van der Waals surface area contributed by atoms with Gasteiger partial charge < -0.3 is 9.47 Å². The third kappa shape index (κ3) is 4.58. The Balaban J connectivity index is 2.12. The average molecular weight is 381 g/mol. The van der Waals surface area contributed by atoms with Gasteiger partial charge in [-0.25, -0.2) is 0 Å². The van der Waals surface area contributed by atoms with Gasteiger partial charge in [-0.2, -0.15) is 0 Å². The van der Waals surface area contributed by atoms with E-state index in [1.54, 1.807) is 30.3 Å². The fraction of sp³-hybridized carbons (Fsp3) is 0.176. The number of hydrazine groups is 1. The second-order valence-electron chi connectivity index (χ2n) is 4.82. The Morgan fingerprint density at radius 1 is 0.920 bits per heavy atom. The molecule has 0 fully saturated rings. The highest BCUT2D eigenvalue weighted by Crippen LogP contribution is 2.25. The molecule has 0 saturated carbocycles. The summed E-state index contributed by atoms with van der Waals surface area (Å²) in [6.07, 6.45) is 1.92. The van der Waals surface area contributed by atoms with Gasteiger partial charge >= 0.3 is 0 Å². The van der Waals surface area contributed by atoms with Gasteiger partial charge in [-0.15, -0.1) is 11.8 Å². The molecule has 2 aromatic carbocycles. The Bertz CT molecular complexity index is 798. The first-order chi connectivity index (χ1) is 12.0. The Hall–Kier alpha value is -2.38. The zero-order valence-corrected chi connectivity index (χ0v) is 15.5. The predicted molar refractivity (Wildman–Crippen MR) is 97.7 cm³/mol. The van der Waals surface area contributed by atoms with Crippen molar-refractivity contribution >= 4 is 35.2 Å². The van der Waals surface area contributed by atoms with Gasteiger partial charge in [0.05, 0.1) is 25.3 Å². The van der Waals surface area contributed by atoms with Crippen LogP contribution in [0.15, 0.2) is 41.3 Å². The fourth-order valence-electron chi connectivity index (χ4n) is 2.09. The van der Waals surface area contributed by atoms with E-state index in [0.717, 1.165) is 4.90 Å². The summed E-state index contributed by atoms with van der Waals surface area (Å²) in [6, 6.07) is 9.81. The first kappa shape index (κ1) is 19.0. The molecular weight excluding hydrogens is 364 g/mol. The van der Waals surface area contributed by atoms with Crippen LogP contribution in [-0.4, -0.2) is 32.3 Å². The van der Waals surface area contributed by atoms with E-state index in [4.69, 9.17) is 21.1 Å². The number of thioether (sulfide) groups is 1. The van der Waals surface area contributed by atoms with Crippen molar-refractivity contribution in [2.45, 2.75) is 4.90 Å². The fourth-order valence-corrected chi connectivity index (χ4v) is 2.69. The molecule has 2 amide bonds. The molecule has 0 aliphatic carbocycles. The first-order valence-electron chi connectivity index (χ1n) is 7.16. The lowest BCUT2D eigenvalue weighted by Gasteiger charge is -2.12. The Labute approximate surface area is 154 Å². The molecular formula is C17H17ClN2O4S. The van der Waals surface area contributed by atoms with Gasteiger partial charge in [0, 0.05) is 9.92 Å². The molecule has 0 heterocycles. The average Bonchev–Trinajstić information content (AvgIpc) is 2.65. The molecule has 0 aliphatic heterocycles. The summed E-state index contributed by atoms with van der Waals surface area (Å²) in [6.45, 7) is 0. The van der Waals surface area contributed by atoms with Crippen molar-refractivity contribution in [1.29, 1.82) is 0 Å². The second kappa shape index (κ2) is 8.64. The van der Waals surface area contributed by atoms with Crippen LogP contribution in [0.1, 0.15) is 20.7 Å². The van der Waals surface area contributed by atoms with Crippen molar-refractivity contribution < 1.29 is 19.1 Å². The van der Waals surface area contributed by atoms with Crippen LogP contribution in [-0.2, 0) is 0 Å². The summed E-state index contributed by atoms with van der Waals surface area (Å²) in [7, 11) is 2.92. The van der Waals surface area contributed by atoms with Crippen LogP contribution in [0, 0.1) is 0 Å². The molecule has 6 nitrogen and oxygen atoms in total. The van der Waals surface area contributed by atoms with E-state index < -0.39 is 11.8 Å².